The number of hydrogen-bond donors (Lipinski definition) is 2. The van der Waals surface area contributed by atoms with Crippen LogP contribution in [0, 0.1) is 0 Å². The van der Waals surface area contributed by atoms with E-state index >= 15 is 0 Å². The summed E-state index contributed by atoms with van der Waals surface area (Å²) in [6.07, 6.45) is 52.7. The molecule has 412 valence electrons. The van der Waals surface area contributed by atoms with Gasteiger partial charge in [-0.05, 0) is 70.6 Å². The normalized spacial score (nSPS) is 13.5. The number of ether oxygens (including phenoxy) is 3. The van der Waals surface area contributed by atoms with E-state index in [2.05, 4.69) is 45.1 Å². The SMILES string of the molecule is CCCCCC/C=C\CCCCCCCC(=O)OC(CO)COP(=O)(O)OCC(COC(=O)CCCCCCC/C=C\CCCCCCCC)OC(=O)CCCCCCCCCCCCCCCCC. The molecule has 0 aromatic heterocycles. The third-order valence-corrected chi connectivity index (χ3v) is 13.8. The number of aliphatic hydroxyl groups excluding tert-OH is 1. The molecule has 3 atom stereocenters. The largest absolute Gasteiger partial charge is 0.472 e. The zero-order valence-electron chi connectivity index (χ0n) is 45.5. The summed E-state index contributed by atoms with van der Waals surface area (Å²) in [6, 6.07) is 0. The van der Waals surface area contributed by atoms with Gasteiger partial charge >= 0.3 is 25.7 Å². The highest BCUT2D eigenvalue weighted by Crippen LogP contribution is 2.43. The third kappa shape index (κ3) is 50.9. The number of hydrogen-bond acceptors (Lipinski definition) is 10. The van der Waals surface area contributed by atoms with Crippen LogP contribution in [0.15, 0.2) is 24.3 Å². The van der Waals surface area contributed by atoms with Crippen molar-refractivity contribution < 1.29 is 52.2 Å². The number of aliphatic hydroxyl groups is 1. The van der Waals surface area contributed by atoms with E-state index in [0.29, 0.717) is 19.3 Å². The summed E-state index contributed by atoms with van der Waals surface area (Å²) < 4.78 is 39.5. The Kier molecular flexibility index (Phi) is 51.7. The Labute approximate surface area is 429 Å². The summed E-state index contributed by atoms with van der Waals surface area (Å²) in [7, 11) is -4.74. The van der Waals surface area contributed by atoms with Crippen molar-refractivity contribution in [2.24, 2.45) is 0 Å². The molecular formula is C58H109O11P. The molecule has 0 amide bonds. The Morgan fingerprint density at radius 2 is 0.657 bits per heavy atom. The molecule has 0 saturated heterocycles. The maximum absolute atomic E-state index is 12.9. The Balaban J connectivity index is 4.70. The van der Waals surface area contributed by atoms with Gasteiger partial charge in [0, 0.05) is 19.3 Å². The van der Waals surface area contributed by atoms with Crippen LogP contribution in [0.1, 0.15) is 290 Å². The zero-order valence-corrected chi connectivity index (χ0v) is 46.4. The molecular weight excluding hydrogens is 904 g/mol. The van der Waals surface area contributed by atoms with Gasteiger partial charge in [-0.1, -0.05) is 225 Å². The van der Waals surface area contributed by atoms with Gasteiger partial charge in [-0.25, -0.2) is 4.57 Å². The molecule has 0 rings (SSSR count). The van der Waals surface area contributed by atoms with Gasteiger partial charge in [0.15, 0.2) is 6.10 Å². The molecule has 0 fully saturated rings. The molecule has 70 heavy (non-hydrogen) atoms. The predicted octanol–water partition coefficient (Wildman–Crippen LogP) is 17.0. The number of carbonyl (C=O) groups excluding carboxylic acids is 3. The molecule has 0 aliphatic carbocycles. The fourth-order valence-corrected chi connectivity index (χ4v) is 9.13. The second kappa shape index (κ2) is 53.3. The lowest BCUT2D eigenvalue weighted by atomic mass is 10.0. The van der Waals surface area contributed by atoms with Gasteiger partial charge in [0.05, 0.1) is 19.8 Å². The van der Waals surface area contributed by atoms with E-state index in [1.54, 1.807) is 0 Å². The quantitative estimate of drug-likeness (QED) is 0.0197. The van der Waals surface area contributed by atoms with Gasteiger partial charge in [-0.15, -0.1) is 0 Å². The summed E-state index contributed by atoms with van der Waals surface area (Å²) in [6.45, 7) is 4.65. The number of allylic oxidation sites excluding steroid dienone is 4. The van der Waals surface area contributed by atoms with Crippen LogP contribution in [-0.2, 0) is 42.2 Å². The lowest BCUT2D eigenvalue weighted by Crippen LogP contribution is -2.30. The van der Waals surface area contributed by atoms with Crippen LogP contribution in [0.2, 0.25) is 0 Å². The molecule has 11 nitrogen and oxygen atoms in total. The predicted molar refractivity (Wildman–Crippen MR) is 289 cm³/mol. The van der Waals surface area contributed by atoms with Crippen molar-refractivity contribution in [3.05, 3.63) is 24.3 Å². The minimum Gasteiger partial charge on any atom is -0.462 e. The van der Waals surface area contributed by atoms with E-state index in [0.717, 1.165) is 96.3 Å². The molecule has 3 unspecified atom stereocenters. The molecule has 0 aliphatic rings. The highest BCUT2D eigenvalue weighted by Gasteiger charge is 2.28. The Morgan fingerprint density at radius 3 is 1.00 bits per heavy atom. The standard InChI is InChI=1S/C58H109O11P/c1-4-7-10-13-16-19-22-25-27-30-32-35-38-41-44-47-56(60)65-51-55(69-58(62)49-46-43-40-37-34-31-28-26-23-20-17-14-11-8-5-2)53-67-70(63,64)66-52-54(50-59)68-57(61)48-45-42-39-36-33-29-24-21-18-15-12-9-6-3/h21,24-25,27,54-55,59H,4-20,22-23,26,28-53H2,1-3H3,(H,63,64)/b24-21-,27-25-. The number of rotatable bonds is 55. The smallest absolute Gasteiger partial charge is 0.462 e. The molecule has 0 spiro atoms. The van der Waals surface area contributed by atoms with Crippen LogP contribution in [0.5, 0.6) is 0 Å². The number of unbranched alkanes of at least 4 members (excludes halogenated alkanes) is 34. The van der Waals surface area contributed by atoms with E-state index in [1.807, 2.05) is 0 Å². The van der Waals surface area contributed by atoms with Crippen LogP contribution in [0.25, 0.3) is 0 Å². The maximum atomic E-state index is 12.9. The van der Waals surface area contributed by atoms with Crippen molar-refractivity contribution in [3.63, 3.8) is 0 Å². The van der Waals surface area contributed by atoms with Gasteiger partial charge in [0.25, 0.3) is 0 Å². The first-order chi connectivity index (χ1) is 34.2. The van der Waals surface area contributed by atoms with Crippen molar-refractivity contribution >= 4 is 25.7 Å². The average Bonchev–Trinajstić information content (AvgIpc) is 3.35. The zero-order chi connectivity index (χ0) is 51.3. The first-order valence-electron chi connectivity index (χ1n) is 29.2. The lowest BCUT2D eigenvalue weighted by Gasteiger charge is -2.21. The fourth-order valence-electron chi connectivity index (χ4n) is 8.35. The van der Waals surface area contributed by atoms with Gasteiger partial charge in [-0.3, -0.25) is 23.4 Å². The fraction of sp³-hybridized carbons (Fsp3) is 0.879. The average molecular weight is 1010 g/mol. The molecule has 0 aromatic rings. The van der Waals surface area contributed by atoms with Crippen LogP contribution >= 0.6 is 7.82 Å². The Hall–Kier alpha value is -2.04. The monoisotopic (exact) mass is 1010 g/mol. The number of phosphoric ester groups is 1. The van der Waals surface area contributed by atoms with Gasteiger partial charge in [-0.2, -0.15) is 0 Å². The van der Waals surface area contributed by atoms with E-state index in [9.17, 15) is 28.9 Å². The van der Waals surface area contributed by atoms with E-state index in [-0.39, 0.29) is 25.9 Å². The van der Waals surface area contributed by atoms with E-state index in [4.69, 9.17) is 23.3 Å². The number of phosphoric acid groups is 1. The molecule has 0 heterocycles. The summed E-state index contributed by atoms with van der Waals surface area (Å²) in [5.74, 6) is -1.46. The molecule has 12 heteroatoms. The van der Waals surface area contributed by atoms with E-state index < -0.39 is 57.8 Å². The molecule has 2 N–H and O–H groups in total. The van der Waals surface area contributed by atoms with Crippen molar-refractivity contribution in [2.45, 2.75) is 303 Å². The summed E-state index contributed by atoms with van der Waals surface area (Å²) in [5, 5.41) is 9.80. The third-order valence-electron chi connectivity index (χ3n) is 12.8. The highest BCUT2D eigenvalue weighted by molar-refractivity contribution is 7.47. The van der Waals surface area contributed by atoms with Crippen LogP contribution in [0.4, 0.5) is 0 Å². The van der Waals surface area contributed by atoms with E-state index in [1.165, 1.54) is 135 Å². The van der Waals surface area contributed by atoms with Crippen LogP contribution in [0.3, 0.4) is 0 Å². The molecule has 0 saturated carbocycles. The van der Waals surface area contributed by atoms with Crippen molar-refractivity contribution in [2.75, 3.05) is 26.4 Å². The Morgan fingerprint density at radius 1 is 0.386 bits per heavy atom. The molecule has 0 radical (unpaired) electrons. The second-order valence-electron chi connectivity index (χ2n) is 19.8. The van der Waals surface area contributed by atoms with Gasteiger partial charge in [0.2, 0.25) is 0 Å². The summed E-state index contributed by atoms with van der Waals surface area (Å²) in [5.41, 5.74) is 0. The summed E-state index contributed by atoms with van der Waals surface area (Å²) >= 11 is 0. The minimum absolute atomic E-state index is 0.171. The molecule has 0 bridgehead atoms. The molecule has 0 aromatic carbocycles. The van der Waals surface area contributed by atoms with Gasteiger partial charge in [0.1, 0.15) is 12.7 Å². The van der Waals surface area contributed by atoms with Crippen molar-refractivity contribution in [1.29, 1.82) is 0 Å². The second-order valence-corrected chi connectivity index (χ2v) is 21.3. The first-order valence-corrected chi connectivity index (χ1v) is 30.7. The molecule has 0 aliphatic heterocycles. The Bertz CT molecular complexity index is 1270. The maximum Gasteiger partial charge on any atom is 0.472 e. The lowest BCUT2D eigenvalue weighted by molar-refractivity contribution is -0.161. The minimum atomic E-state index is -4.74. The van der Waals surface area contributed by atoms with Crippen LogP contribution < -0.4 is 0 Å². The topological polar surface area (TPSA) is 155 Å². The number of esters is 3. The van der Waals surface area contributed by atoms with Crippen LogP contribution in [-0.4, -0.2) is 66.5 Å². The van der Waals surface area contributed by atoms with Crippen molar-refractivity contribution in [3.8, 4) is 0 Å². The summed E-state index contributed by atoms with van der Waals surface area (Å²) in [4.78, 5) is 48.5. The number of carbonyl (C=O) groups is 3. The first kappa shape index (κ1) is 68.0. The highest BCUT2D eigenvalue weighted by atomic mass is 31.2. The van der Waals surface area contributed by atoms with Crippen molar-refractivity contribution in [1.82, 2.24) is 0 Å². The van der Waals surface area contributed by atoms with Gasteiger partial charge < -0.3 is 24.2 Å².